The molecule has 2 aromatic rings. The number of aliphatic imine (C=N–C) groups is 1. The van der Waals surface area contributed by atoms with Gasteiger partial charge in [-0.25, -0.2) is 4.39 Å². The summed E-state index contributed by atoms with van der Waals surface area (Å²) in [5.74, 6) is -0.0140. The molecule has 0 amide bonds. The lowest BCUT2D eigenvalue weighted by Crippen LogP contribution is -2.48. The van der Waals surface area contributed by atoms with Gasteiger partial charge in [0.2, 0.25) is 0 Å². The molecule has 0 spiro atoms. The zero-order valence-electron chi connectivity index (χ0n) is 16.6. The van der Waals surface area contributed by atoms with Gasteiger partial charge in [-0.1, -0.05) is 18.2 Å². The van der Waals surface area contributed by atoms with Crippen molar-refractivity contribution in [2.45, 2.75) is 18.8 Å². The van der Waals surface area contributed by atoms with E-state index in [-0.39, 0.29) is 36.1 Å². The summed E-state index contributed by atoms with van der Waals surface area (Å²) in [6, 6.07) is 11.2. The second-order valence-electron chi connectivity index (χ2n) is 6.75. The number of ether oxygens (including phenoxy) is 1. The van der Waals surface area contributed by atoms with Gasteiger partial charge in [0.05, 0.1) is 30.3 Å². The van der Waals surface area contributed by atoms with Crippen LogP contribution in [-0.4, -0.2) is 37.6 Å². The Morgan fingerprint density at radius 1 is 1.29 bits per heavy atom. The predicted molar refractivity (Wildman–Crippen MR) is 118 cm³/mol. The first kappa shape index (κ1) is 24.9. The molecule has 2 aromatic carbocycles. The van der Waals surface area contributed by atoms with E-state index in [9.17, 15) is 17.6 Å². The van der Waals surface area contributed by atoms with Crippen LogP contribution >= 0.6 is 24.0 Å². The van der Waals surface area contributed by atoms with Gasteiger partial charge in [0.15, 0.2) is 5.96 Å². The molecule has 1 saturated heterocycles. The first-order chi connectivity index (χ1) is 14.3. The topological polar surface area (TPSA) is 60.7 Å². The Hall–Kier alpha value is -2.39. The van der Waals surface area contributed by atoms with Crippen molar-refractivity contribution >= 4 is 29.9 Å². The molecule has 1 unspecified atom stereocenters. The molecule has 1 aliphatic heterocycles. The third-order valence-electron chi connectivity index (χ3n) is 4.78. The summed E-state index contributed by atoms with van der Waals surface area (Å²) in [7, 11) is 1.58. The molecule has 1 fully saturated rings. The van der Waals surface area contributed by atoms with Crippen LogP contribution in [0.2, 0.25) is 0 Å². The van der Waals surface area contributed by atoms with E-state index in [0.29, 0.717) is 36.8 Å². The number of rotatable bonds is 3. The van der Waals surface area contributed by atoms with Crippen LogP contribution in [0.1, 0.15) is 28.4 Å². The third-order valence-corrected chi connectivity index (χ3v) is 4.78. The Labute approximate surface area is 194 Å². The Bertz CT molecular complexity index is 975. The van der Waals surface area contributed by atoms with Crippen molar-refractivity contribution in [2.24, 2.45) is 4.99 Å². The van der Waals surface area contributed by atoms with Crippen molar-refractivity contribution in [2.75, 3.05) is 26.7 Å². The average molecular weight is 548 g/mol. The second-order valence-corrected chi connectivity index (χ2v) is 6.75. The van der Waals surface area contributed by atoms with Crippen LogP contribution in [0.25, 0.3) is 0 Å². The SMILES string of the molecule is CN=C(NCc1ccc(C#N)cc1F)N1CCOC(c2cccc(C(F)(F)F)c2)C1.I. The van der Waals surface area contributed by atoms with E-state index in [4.69, 9.17) is 10.00 Å². The van der Waals surface area contributed by atoms with E-state index in [1.54, 1.807) is 13.1 Å². The highest BCUT2D eigenvalue weighted by molar-refractivity contribution is 14.0. The Morgan fingerprint density at radius 3 is 2.71 bits per heavy atom. The van der Waals surface area contributed by atoms with Gasteiger partial charge in [-0.2, -0.15) is 18.4 Å². The molecule has 0 saturated carbocycles. The summed E-state index contributed by atoms with van der Waals surface area (Å²) in [4.78, 5) is 6.05. The fourth-order valence-electron chi connectivity index (χ4n) is 3.23. The van der Waals surface area contributed by atoms with Crippen molar-refractivity contribution in [3.05, 3.63) is 70.5 Å². The number of hydrogen-bond acceptors (Lipinski definition) is 3. The summed E-state index contributed by atoms with van der Waals surface area (Å²) in [5.41, 5.74) is 0.318. The molecule has 31 heavy (non-hydrogen) atoms. The number of nitriles is 1. The van der Waals surface area contributed by atoms with Gasteiger partial charge in [0, 0.05) is 25.7 Å². The molecular formula is C21H21F4IN4O. The quantitative estimate of drug-likeness (QED) is 0.266. The van der Waals surface area contributed by atoms with Crippen molar-refractivity contribution in [1.29, 1.82) is 5.26 Å². The average Bonchev–Trinajstić information content (AvgIpc) is 2.75. The Kier molecular flexibility index (Phi) is 8.64. The normalized spacial score (nSPS) is 17.0. The van der Waals surface area contributed by atoms with Crippen LogP contribution in [0.5, 0.6) is 0 Å². The molecule has 166 valence electrons. The predicted octanol–water partition coefficient (Wildman–Crippen LogP) is 4.48. The molecule has 1 atom stereocenters. The number of morpholine rings is 1. The smallest absolute Gasteiger partial charge is 0.370 e. The van der Waals surface area contributed by atoms with Crippen LogP contribution in [0.15, 0.2) is 47.5 Å². The van der Waals surface area contributed by atoms with Crippen LogP contribution in [0.4, 0.5) is 17.6 Å². The van der Waals surface area contributed by atoms with Crippen molar-refractivity contribution in [1.82, 2.24) is 10.2 Å². The molecule has 1 heterocycles. The number of alkyl halides is 3. The standard InChI is InChI=1S/C21H20F4N4O.HI/c1-27-20(28-12-16-6-5-14(11-26)9-18(16)22)29-7-8-30-19(13-29)15-3-2-4-17(10-15)21(23,24)25;/h2-6,9-10,19H,7-8,12-13H2,1H3,(H,27,28);1H. The minimum atomic E-state index is -4.42. The third kappa shape index (κ3) is 6.30. The van der Waals surface area contributed by atoms with Gasteiger partial charge in [-0.05, 0) is 29.8 Å². The summed E-state index contributed by atoms with van der Waals surface area (Å²) >= 11 is 0. The number of hydrogen-bond donors (Lipinski definition) is 1. The van der Waals surface area contributed by atoms with E-state index < -0.39 is 23.7 Å². The lowest BCUT2D eigenvalue weighted by Gasteiger charge is -2.35. The minimum absolute atomic E-state index is 0. The molecule has 1 aliphatic rings. The van der Waals surface area contributed by atoms with Gasteiger partial charge in [0.1, 0.15) is 11.9 Å². The number of nitrogens with zero attached hydrogens (tertiary/aromatic N) is 3. The van der Waals surface area contributed by atoms with Gasteiger partial charge >= 0.3 is 6.18 Å². The molecule has 0 aromatic heterocycles. The first-order valence-corrected chi connectivity index (χ1v) is 9.24. The van der Waals surface area contributed by atoms with Crippen molar-refractivity contribution in [3.8, 4) is 6.07 Å². The number of halogens is 5. The molecule has 0 radical (unpaired) electrons. The highest BCUT2D eigenvalue weighted by atomic mass is 127. The molecule has 5 nitrogen and oxygen atoms in total. The van der Waals surface area contributed by atoms with Gasteiger partial charge < -0.3 is 15.0 Å². The summed E-state index contributed by atoms with van der Waals surface area (Å²) in [6.45, 7) is 1.25. The van der Waals surface area contributed by atoms with Crippen molar-refractivity contribution in [3.63, 3.8) is 0 Å². The van der Waals surface area contributed by atoms with Gasteiger partial charge in [0.25, 0.3) is 0 Å². The zero-order chi connectivity index (χ0) is 21.7. The van der Waals surface area contributed by atoms with E-state index in [2.05, 4.69) is 10.3 Å². The number of guanidine groups is 1. The Morgan fingerprint density at radius 2 is 2.06 bits per heavy atom. The fourth-order valence-corrected chi connectivity index (χ4v) is 3.23. The lowest BCUT2D eigenvalue weighted by atomic mass is 10.0. The molecule has 0 bridgehead atoms. The largest absolute Gasteiger partial charge is 0.416 e. The zero-order valence-corrected chi connectivity index (χ0v) is 18.9. The highest BCUT2D eigenvalue weighted by Gasteiger charge is 2.32. The van der Waals surface area contributed by atoms with E-state index in [1.165, 1.54) is 18.2 Å². The number of nitrogens with one attached hydrogen (secondary N) is 1. The van der Waals surface area contributed by atoms with Gasteiger partial charge in [-0.3, -0.25) is 4.99 Å². The molecule has 10 heteroatoms. The fraction of sp³-hybridized carbons (Fsp3) is 0.333. The van der Waals surface area contributed by atoms with Gasteiger partial charge in [-0.15, -0.1) is 24.0 Å². The summed E-state index contributed by atoms with van der Waals surface area (Å²) in [5, 5.41) is 11.9. The molecular weight excluding hydrogens is 527 g/mol. The van der Waals surface area contributed by atoms with Crippen LogP contribution in [0.3, 0.4) is 0 Å². The molecule has 1 N–H and O–H groups in total. The minimum Gasteiger partial charge on any atom is -0.370 e. The summed E-state index contributed by atoms with van der Waals surface area (Å²) < 4.78 is 58.8. The monoisotopic (exact) mass is 548 g/mol. The number of benzene rings is 2. The Balaban J connectivity index is 0.00000341. The van der Waals surface area contributed by atoms with E-state index >= 15 is 0 Å². The molecule has 0 aliphatic carbocycles. The van der Waals surface area contributed by atoms with E-state index in [1.807, 2.05) is 11.0 Å². The van der Waals surface area contributed by atoms with Crippen LogP contribution in [0, 0.1) is 17.1 Å². The van der Waals surface area contributed by atoms with Crippen molar-refractivity contribution < 1.29 is 22.3 Å². The maximum atomic E-state index is 14.1. The molecule has 3 rings (SSSR count). The first-order valence-electron chi connectivity index (χ1n) is 9.24. The lowest BCUT2D eigenvalue weighted by molar-refractivity contribution is -0.137. The van der Waals surface area contributed by atoms with Crippen LogP contribution in [-0.2, 0) is 17.5 Å². The highest BCUT2D eigenvalue weighted by Crippen LogP contribution is 2.32. The maximum absolute atomic E-state index is 14.1. The maximum Gasteiger partial charge on any atom is 0.416 e. The van der Waals surface area contributed by atoms with E-state index in [0.717, 1.165) is 18.2 Å². The second kappa shape index (κ2) is 10.8. The summed E-state index contributed by atoms with van der Waals surface area (Å²) in [6.07, 6.45) is -4.97. The van der Waals surface area contributed by atoms with Crippen LogP contribution < -0.4 is 5.32 Å².